The van der Waals surface area contributed by atoms with Gasteiger partial charge < -0.3 is 9.80 Å². The van der Waals surface area contributed by atoms with E-state index in [9.17, 15) is 18.5 Å². The molecule has 35 heavy (non-hydrogen) atoms. The maximum atomic E-state index is 13.8. The largest absolute Gasteiger partial charge is 0.370 e. The van der Waals surface area contributed by atoms with Crippen LogP contribution in [0.2, 0.25) is 0 Å². The van der Waals surface area contributed by atoms with Crippen LogP contribution in [-0.4, -0.2) is 55.4 Å². The Kier molecular flexibility index (Phi) is 6.46. The van der Waals surface area contributed by atoms with E-state index in [1.54, 1.807) is 0 Å². The third-order valence-electron chi connectivity index (χ3n) is 7.30. The summed E-state index contributed by atoms with van der Waals surface area (Å²) in [6.07, 6.45) is 7.25. The number of hydrogen-bond donors (Lipinski definition) is 0. The first-order chi connectivity index (χ1) is 16.8. The van der Waals surface area contributed by atoms with Gasteiger partial charge in [0.05, 0.1) is 21.0 Å². The van der Waals surface area contributed by atoms with Crippen LogP contribution in [0.15, 0.2) is 58.5 Å². The van der Waals surface area contributed by atoms with Crippen LogP contribution < -0.4 is 4.90 Å². The number of nitro benzene ring substituents is 1. The molecule has 2 aromatic carbocycles. The predicted molar refractivity (Wildman–Crippen MR) is 136 cm³/mol. The fourth-order valence-corrected chi connectivity index (χ4v) is 6.84. The smallest absolute Gasteiger partial charge is 0.269 e. The van der Waals surface area contributed by atoms with Gasteiger partial charge in [-0.25, -0.2) is 8.42 Å². The van der Waals surface area contributed by atoms with E-state index < -0.39 is 14.8 Å². The number of rotatable bonds is 5. The number of sulfone groups is 1. The normalized spacial score (nSPS) is 18.1. The summed E-state index contributed by atoms with van der Waals surface area (Å²) in [5, 5.41) is 11.9. The number of non-ortho nitro benzene ring substituents is 1. The first kappa shape index (κ1) is 23.7. The summed E-state index contributed by atoms with van der Waals surface area (Å²) in [5.74, 6) is 0. The van der Waals surface area contributed by atoms with Crippen molar-refractivity contribution in [1.82, 2.24) is 9.88 Å². The molecule has 3 heterocycles. The molecule has 0 radical (unpaired) electrons. The SMILES string of the molecule is Cc1ccc2ncc(S(=O)(=O)c3ccc([N+](=O)[O-])cc3)c(N3CCC(N4CCCCC4)CC3)c2c1. The molecule has 0 atom stereocenters. The monoisotopic (exact) mass is 494 g/mol. The zero-order chi connectivity index (χ0) is 24.6. The number of nitrogens with zero attached hydrogens (tertiary/aromatic N) is 4. The predicted octanol–water partition coefficient (Wildman–Crippen LogP) is 4.74. The van der Waals surface area contributed by atoms with Gasteiger partial charge in [0.15, 0.2) is 0 Å². The van der Waals surface area contributed by atoms with Gasteiger partial charge in [-0.1, -0.05) is 18.1 Å². The van der Waals surface area contributed by atoms with Crippen molar-refractivity contribution in [3.63, 3.8) is 0 Å². The molecule has 0 bridgehead atoms. The van der Waals surface area contributed by atoms with Gasteiger partial charge in [-0.3, -0.25) is 15.1 Å². The van der Waals surface area contributed by atoms with Gasteiger partial charge in [0.2, 0.25) is 9.84 Å². The first-order valence-electron chi connectivity index (χ1n) is 12.2. The molecule has 5 rings (SSSR count). The van der Waals surface area contributed by atoms with Gasteiger partial charge >= 0.3 is 0 Å². The number of pyridine rings is 1. The molecule has 0 aliphatic carbocycles. The molecule has 0 N–H and O–H groups in total. The lowest BCUT2D eigenvalue weighted by atomic mass is 9.99. The van der Waals surface area contributed by atoms with Crippen LogP contribution >= 0.6 is 0 Å². The Hall–Kier alpha value is -3.04. The minimum atomic E-state index is -3.94. The number of anilines is 1. The van der Waals surface area contributed by atoms with Crippen molar-refractivity contribution in [3.05, 3.63) is 64.3 Å². The van der Waals surface area contributed by atoms with Crippen LogP contribution in [0.4, 0.5) is 11.4 Å². The average Bonchev–Trinajstić information content (AvgIpc) is 2.88. The summed E-state index contributed by atoms with van der Waals surface area (Å²) < 4.78 is 27.5. The Morgan fingerprint density at radius 1 is 0.971 bits per heavy atom. The van der Waals surface area contributed by atoms with E-state index in [-0.39, 0.29) is 15.5 Å². The first-order valence-corrected chi connectivity index (χ1v) is 13.7. The summed E-state index contributed by atoms with van der Waals surface area (Å²) in [4.78, 5) is 20.0. The van der Waals surface area contributed by atoms with Gasteiger partial charge in [0.1, 0.15) is 4.90 Å². The molecule has 184 valence electrons. The Morgan fingerprint density at radius 2 is 1.66 bits per heavy atom. The zero-order valence-electron chi connectivity index (χ0n) is 19.9. The maximum absolute atomic E-state index is 13.8. The molecule has 2 saturated heterocycles. The van der Waals surface area contributed by atoms with E-state index in [0.29, 0.717) is 11.7 Å². The lowest BCUT2D eigenvalue weighted by molar-refractivity contribution is -0.384. The van der Waals surface area contributed by atoms with E-state index in [1.165, 1.54) is 49.7 Å². The molecule has 2 fully saturated rings. The van der Waals surface area contributed by atoms with Gasteiger partial charge in [-0.05, 0) is 70.0 Å². The highest BCUT2D eigenvalue weighted by molar-refractivity contribution is 7.91. The molecular weight excluding hydrogens is 464 g/mol. The quantitative estimate of drug-likeness (QED) is 0.373. The third-order valence-corrected chi connectivity index (χ3v) is 9.07. The van der Waals surface area contributed by atoms with Crippen molar-refractivity contribution in [2.45, 2.75) is 54.9 Å². The standard InChI is InChI=1S/C26H30N4O4S/c1-19-5-10-24-23(17-19)26(29-15-11-20(12-16-29)28-13-3-2-4-14-28)25(18-27-24)35(33,34)22-8-6-21(7-9-22)30(31)32/h5-10,17-18,20H,2-4,11-16H2,1H3. The summed E-state index contributed by atoms with van der Waals surface area (Å²) in [6, 6.07) is 11.5. The lowest BCUT2D eigenvalue weighted by Gasteiger charge is -2.41. The summed E-state index contributed by atoms with van der Waals surface area (Å²) in [6.45, 7) is 5.85. The number of hydrogen-bond acceptors (Lipinski definition) is 7. The molecule has 2 aliphatic heterocycles. The van der Waals surface area contributed by atoms with E-state index >= 15 is 0 Å². The van der Waals surface area contributed by atoms with Crippen LogP contribution in [0.3, 0.4) is 0 Å². The van der Waals surface area contributed by atoms with Gasteiger partial charge in [0, 0.05) is 42.8 Å². The van der Waals surface area contributed by atoms with Crippen molar-refractivity contribution in [2.24, 2.45) is 0 Å². The van der Waals surface area contributed by atoms with Crippen molar-refractivity contribution in [3.8, 4) is 0 Å². The third kappa shape index (κ3) is 4.62. The highest BCUT2D eigenvalue weighted by Crippen LogP contribution is 2.38. The number of piperidine rings is 2. The number of benzene rings is 2. The van der Waals surface area contributed by atoms with Crippen molar-refractivity contribution in [2.75, 3.05) is 31.1 Å². The highest BCUT2D eigenvalue weighted by atomic mass is 32.2. The molecule has 1 aromatic heterocycles. The Morgan fingerprint density at radius 3 is 2.31 bits per heavy atom. The Balaban J connectivity index is 1.54. The highest BCUT2D eigenvalue weighted by Gasteiger charge is 2.31. The van der Waals surface area contributed by atoms with Crippen LogP contribution in [0.5, 0.6) is 0 Å². The molecule has 8 nitrogen and oxygen atoms in total. The number of likely N-dealkylation sites (tertiary alicyclic amines) is 1. The van der Waals surface area contributed by atoms with Crippen molar-refractivity contribution >= 4 is 32.1 Å². The number of nitro groups is 1. The summed E-state index contributed by atoms with van der Waals surface area (Å²) in [5.41, 5.74) is 2.34. The topological polar surface area (TPSA) is 96.6 Å². The van der Waals surface area contributed by atoms with E-state index in [4.69, 9.17) is 0 Å². The molecule has 0 spiro atoms. The Bertz CT molecular complexity index is 1340. The van der Waals surface area contributed by atoms with Crippen molar-refractivity contribution < 1.29 is 13.3 Å². The molecule has 0 saturated carbocycles. The minimum absolute atomic E-state index is 0.0290. The molecule has 3 aromatic rings. The zero-order valence-corrected chi connectivity index (χ0v) is 20.7. The van der Waals surface area contributed by atoms with Crippen LogP contribution in [0.1, 0.15) is 37.7 Å². The van der Waals surface area contributed by atoms with Gasteiger partial charge in [-0.15, -0.1) is 0 Å². The van der Waals surface area contributed by atoms with Crippen LogP contribution in [0, 0.1) is 17.0 Å². The van der Waals surface area contributed by atoms with E-state index in [1.807, 2.05) is 25.1 Å². The average molecular weight is 495 g/mol. The number of fused-ring (bicyclic) bond motifs is 1. The van der Waals surface area contributed by atoms with Crippen LogP contribution in [0.25, 0.3) is 10.9 Å². The second-order valence-electron chi connectivity index (χ2n) is 9.56. The van der Waals surface area contributed by atoms with E-state index in [2.05, 4.69) is 14.8 Å². The van der Waals surface area contributed by atoms with E-state index in [0.717, 1.165) is 55.5 Å². The van der Waals surface area contributed by atoms with Gasteiger partial charge in [0.25, 0.3) is 5.69 Å². The second kappa shape index (κ2) is 9.54. The van der Waals surface area contributed by atoms with Gasteiger partial charge in [-0.2, -0.15) is 0 Å². The summed E-state index contributed by atoms with van der Waals surface area (Å²) >= 11 is 0. The molecular formula is C26H30N4O4S. The summed E-state index contributed by atoms with van der Waals surface area (Å²) in [7, 11) is -3.94. The Labute approximate surface area is 205 Å². The molecule has 0 unspecified atom stereocenters. The maximum Gasteiger partial charge on any atom is 0.269 e. The molecule has 9 heteroatoms. The van der Waals surface area contributed by atoms with Crippen molar-refractivity contribution in [1.29, 1.82) is 0 Å². The fraction of sp³-hybridized carbons (Fsp3) is 0.423. The number of aromatic nitrogens is 1. The fourth-order valence-electron chi connectivity index (χ4n) is 5.41. The molecule has 0 amide bonds. The van der Waals surface area contributed by atoms with Crippen LogP contribution in [-0.2, 0) is 9.84 Å². The lowest BCUT2D eigenvalue weighted by Crippen LogP contribution is -2.47. The number of aryl methyl sites for hydroxylation is 1. The molecule has 2 aliphatic rings. The minimum Gasteiger partial charge on any atom is -0.370 e. The second-order valence-corrected chi connectivity index (χ2v) is 11.5.